The van der Waals surface area contributed by atoms with Gasteiger partial charge >= 0.3 is 0 Å². The number of likely N-dealkylation sites (N-methyl/N-ethyl adjacent to an activating group) is 1. The van der Waals surface area contributed by atoms with Crippen LogP contribution in [0.4, 0.5) is 0 Å². The summed E-state index contributed by atoms with van der Waals surface area (Å²) in [7, 11) is 1.80. The number of ketones is 1. The van der Waals surface area contributed by atoms with Crippen molar-refractivity contribution in [3.8, 4) is 0 Å². The third-order valence-corrected chi connectivity index (χ3v) is 7.99. The fourth-order valence-electron chi connectivity index (χ4n) is 6.95. The van der Waals surface area contributed by atoms with Crippen LogP contribution in [0.15, 0.2) is 0 Å². The minimum atomic E-state index is 0.243. The third-order valence-electron chi connectivity index (χ3n) is 7.99. The molecule has 3 rings (SSSR count). The Hall–Kier alpha value is -0.410. The number of hydrazine groups is 1. The van der Waals surface area contributed by atoms with Crippen LogP contribution in [0.25, 0.3) is 0 Å². The molecular formula is C20H36N2O. The molecule has 0 amide bonds. The Balaban J connectivity index is 1.79. The molecule has 7 atom stereocenters. The quantitative estimate of drug-likeness (QED) is 0.631. The lowest BCUT2D eigenvalue weighted by atomic mass is 9.51. The van der Waals surface area contributed by atoms with Crippen molar-refractivity contribution in [2.24, 2.45) is 46.8 Å². The average Bonchev–Trinajstić information content (AvgIpc) is 2.84. The van der Waals surface area contributed by atoms with Gasteiger partial charge in [-0.3, -0.25) is 10.6 Å². The number of hydrogen-bond donors (Lipinski definition) is 1. The van der Waals surface area contributed by atoms with Crippen molar-refractivity contribution >= 4 is 5.78 Å². The van der Waals surface area contributed by atoms with Crippen molar-refractivity contribution in [2.45, 2.75) is 65.7 Å². The fourth-order valence-corrected chi connectivity index (χ4v) is 6.95. The first-order valence-electron chi connectivity index (χ1n) is 9.87. The first-order valence-corrected chi connectivity index (χ1v) is 9.87. The summed E-state index contributed by atoms with van der Waals surface area (Å²) in [6.45, 7) is 7.69. The van der Waals surface area contributed by atoms with E-state index in [1.54, 1.807) is 12.1 Å². The second-order valence-electron chi connectivity index (χ2n) is 9.12. The molecule has 0 spiro atoms. The normalized spacial score (nSPS) is 46.5. The van der Waals surface area contributed by atoms with Gasteiger partial charge in [0.1, 0.15) is 0 Å². The molecule has 0 saturated heterocycles. The fraction of sp³-hybridized carbons (Fsp3) is 0.950. The van der Waals surface area contributed by atoms with Crippen LogP contribution in [0.2, 0.25) is 0 Å². The van der Waals surface area contributed by atoms with E-state index in [1.807, 2.05) is 0 Å². The standard InChI is InChI=1S/C20H36N2O/c1-5-14-13(2)6-7-16-15(14)10-11-20(3)17(16)8-9-18(20)19(23)12-22(4)21/h13-18H,5-12,21H2,1-4H3. The molecule has 0 aromatic rings. The van der Waals surface area contributed by atoms with Gasteiger partial charge < -0.3 is 0 Å². The lowest BCUT2D eigenvalue weighted by Gasteiger charge is -2.54. The van der Waals surface area contributed by atoms with Gasteiger partial charge in [0, 0.05) is 13.0 Å². The zero-order valence-corrected chi connectivity index (χ0v) is 15.6. The highest BCUT2D eigenvalue weighted by atomic mass is 16.1. The van der Waals surface area contributed by atoms with Gasteiger partial charge in [0.15, 0.2) is 5.78 Å². The zero-order chi connectivity index (χ0) is 16.8. The number of carbonyl (C=O) groups excluding carboxylic acids is 1. The Kier molecular flexibility index (Phi) is 4.90. The zero-order valence-electron chi connectivity index (χ0n) is 15.6. The molecule has 3 saturated carbocycles. The predicted octanol–water partition coefficient (Wildman–Crippen LogP) is 3.88. The van der Waals surface area contributed by atoms with Crippen molar-refractivity contribution in [1.29, 1.82) is 0 Å². The van der Waals surface area contributed by atoms with Crippen LogP contribution in [0.1, 0.15) is 65.7 Å². The molecule has 0 radical (unpaired) electrons. The molecule has 0 aromatic heterocycles. The SMILES string of the molecule is CCC1C(C)CCC2C1CCC1(C)C(C(=O)CN(C)N)CCC21. The summed E-state index contributed by atoms with van der Waals surface area (Å²) in [5.74, 6) is 10.8. The Morgan fingerprint density at radius 3 is 2.57 bits per heavy atom. The molecule has 0 heterocycles. The average molecular weight is 321 g/mol. The molecule has 0 aromatic carbocycles. The molecule has 3 fully saturated rings. The number of rotatable bonds is 4. The van der Waals surface area contributed by atoms with Crippen LogP contribution < -0.4 is 5.84 Å². The van der Waals surface area contributed by atoms with Gasteiger partial charge in [0.25, 0.3) is 0 Å². The largest absolute Gasteiger partial charge is 0.298 e. The molecule has 0 bridgehead atoms. The summed E-state index contributed by atoms with van der Waals surface area (Å²) >= 11 is 0. The Morgan fingerprint density at radius 1 is 1.17 bits per heavy atom. The third kappa shape index (κ3) is 2.89. The van der Waals surface area contributed by atoms with E-state index in [0.717, 1.165) is 36.0 Å². The van der Waals surface area contributed by atoms with Gasteiger partial charge in [-0.15, -0.1) is 0 Å². The first-order chi connectivity index (χ1) is 10.9. The van der Waals surface area contributed by atoms with Gasteiger partial charge in [-0.1, -0.05) is 33.6 Å². The summed E-state index contributed by atoms with van der Waals surface area (Å²) in [5.41, 5.74) is 0.243. The summed E-state index contributed by atoms with van der Waals surface area (Å²) in [6.07, 6.45) is 9.12. The van der Waals surface area contributed by atoms with E-state index >= 15 is 0 Å². The van der Waals surface area contributed by atoms with Gasteiger partial charge in [-0.2, -0.15) is 0 Å². The molecule has 0 aliphatic heterocycles. The van der Waals surface area contributed by atoms with Crippen LogP contribution in [-0.4, -0.2) is 24.4 Å². The Labute approximate surface area is 142 Å². The van der Waals surface area contributed by atoms with Crippen LogP contribution in [0, 0.1) is 40.9 Å². The highest BCUT2D eigenvalue weighted by Crippen LogP contribution is 2.63. The van der Waals surface area contributed by atoms with Gasteiger partial charge in [0.2, 0.25) is 0 Å². The minimum absolute atomic E-state index is 0.243. The number of Topliss-reactive ketones (excluding diaryl/α,β-unsaturated/α-hetero) is 1. The van der Waals surface area contributed by atoms with Gasteiger partial charge in [-0.05, 0) is 67.1 Å². The van der Waals surface area contributed by atoms with Crippen molar-refractivity contribution in [3.63, 3.8) is 0 Å². The Bertz CT molecular complexity index is 449. The lowest BCUT2D eigenvalue weighted by Crippen LogP contribution is -2.49. The van der Waals surface area contributed by atoms with E-state index in [4.69, 9.17) is 5.84 Å². The van der Waals surface area contributed by atoms with Crippen molar-refractivity contribution in [3.05, 3.63) is 0 Å². The molecule has 3 nitrogen and oxygen atoms in total. The van der Waals surface area contributed by atoms with E-state index < -0.39 is 0 Å². The van der Waals surface area contributed by atoms with Gasteiger partial charge in [-0.25, -0.2) is 5.01 Å². The predicted molar refractivity (Wildman–Crippen MR) is 94.5 cm³/mol. The van der Waals surface area contributed by atoms with E-state index in [0.29, 0.717) is 12.3 Å². The smallest absolute Gasteiger partial charge is 0.151 e. The second kappa shape index (κ2) is 6.48. The molecular weight excluding hydrogens is 284 g/mol. The highest BCUT2D eigenvalue weighted by Gasteiger charge is 2.57. The van der Waals surface area contributed by atoms with Crippen molar-refractivity contribution in [2.75, 3.05) is 13.6 Å². The second-order valence-corrected chi connectivity index (χ2v) is 9.12. The Morgan fingerprint density at radius 2 is 1.91 bits per heavy atom. The monoisotopic (exact) mass is 320 g/mol. The van der Waals surface area contributed by atoms with Crippen molar-refractivity contribution < 1.29 is 4.79 Å². The summed E-state index contributed by atoms with van der Waals surface area (Å²) in [5, 5.41) is 1.56. The summed E-state index contributed by atoms with van der Waals surface area (Å²) < 4.78 is 0. The van der Waals surface area contributed by atoms with Crippen LogP contribution in [0.3, 0.4) is 0 Å². The molecule has 2 N–H and O–H groups in total. The molecule has 3 aliphatic carbocycles. The molecule has 7 unspecified atom stereocenters. The lowest BCUT2D eigenvalue weighted by molar-refractivity contribution is -0.130. The number of nitrogens with two attached hydrogens (primary N) is 1. The van der Waals surface area contributed by atoms with Crippen LogP contribution >= 0.6 is 0 Å². The number of carbonyl (C=O) groups is 1. The molecule has 23 heavy (non-hydrogen) atoms. The first kappa shape index (κ1) is 17.4. The van der Waals surface area contributed by atoms with Crippen molar-refractivity contribution in [1.82, 2.24) is 5.01 Å². The van der Waals surface area contributed by atoms with E-state index in [9.17, 15) is 4.79 Å². The maximum atomic E-state index is 12.7. The molecule has 132 valence electrons. The van der Waals surface area contributed by atoms with E-state index in [1.165, 1.54) is 38.5 Å². The summed E-state index contributed by atoms with van der Waals surface area (Å²) in [4.78, 5) is 12.7. The highest BCUT2D eigenvalue weighted by molar-refractivity contribution is 5.84. The maximum Gasteiger partial charge on any atom is 0.151 e. The number of hydrogen-bond acceptors (Lipinski definition) is 3. The van der Waals surface area contributed by atoms with Gasteiger partial charge in [0.05, 0.1) is 6.54 Å². The topological polar surface area (TPSA) is 46.3 Å². The van der Waals surface area contributed by atoms with Crippen LogP contribution in [-0.2, 0) is 4.79 Å². The molecule has 3 aliphatic rings. The maximum absolute atomic E-state index is 12.7. The number of fused-ring (bicyclic) bond motifs is 3. The molecule has 3 heteroatoms. The number of nitrogens with zero attached hydrogens (tertiary/aromatic N) is 1. The minimum Gasteiger partial charge on any atom is -0.298 e. The van der Waals surface area contributed by atoms with E-state index in [-0.39, 0.29) is 11.3 Å². The van der Waals surface area contributed by atoms with E-state index in [2.05, 4.69) is 20.8 Å². The van der Waals surface area contributed by atoms with Crippen LogP contribution in [0.5, 0.6) is 0 Å². The summed E-state index contributed by atoms with van der Waals surface area (Å²) in [6, 6.07) is 0.